The van der Waals surface area contributed by atoms with Crippen molar-refractivity contribution in [3.63, 3.8) is 0 Å². The molecule has 1 aliphatic rings. The van der Waals surface area contributed by atoms with Crippen LogP contribution in [0.25, 0.3) is 16.3 Å². The molecule has 270 valence electrons. The second-order valence-corrected chi connectivity index (χ2v) is 15.0. The summed E-state index contributed by atoms with van der Waals surface area (Å²) in [4.78, 5) is 12.1. The van der Waals surface area contributed by atoms with Crippen LogP contribution in [0.4, 0.5) is 24.9 Å². The van der Waals surface area contributed by atoms with E-state index in [1.807, 2.05) is 19.9 Å². The Hall–Kier alpha value is -3.16. The van der Waals surface area contributed by atoms with Gasteiger partial charge in [0.15, 0.2) is 0 Å². The fraction of sp³-hybridized carbons (Fsp3) is 0.615. The average Bonchev–Trinajstić information content (AvgIpc) is 3.46. The summed E-state index contributed by atoms with van der Waals surface area (Å²) < 4.78 is 38.9. The molecule has 1 aliphatic heterocycles. The zero-order chi connectivity index (χ0) is 36.3. The molecule has 0 radical (unpaired) electrons. The predicted octanol–water partition coefficient (Wildman–Crippen LogP) is 11.0. The molecule has 49 heavy (non-hydrogen) atoms. The van der Waals surface area contributed by atoms with Crippen LogP contribution in [0.15, 0.2) is 23.8 Å². The Morgan fingerprint density at radius 3 is 2.35 bits per heavy atom. The number of thiophene rings is 1. The van der Waals surface area contributed by atoms with Crippen LogP contribution >= 0.6 is 11.3 Å². The van der Waals surface area contributed by atoms with E-state index in [1.165, 1.54) is 36.8 Å². The first-order valence-corrected chi connectivity index (χ1v) is 18.8. The normalized spacial score (nSPS) is 15.9. The molecule has 6 nitrogen and oxygen atoms in total. The molecule has 2 unspecified atom stereocenters. The molecule has 1 fully saturated rings. The fourth-order valence-corrected chi connectivity index (χ4v) is 7.59. The summed E-state index contributed by atoms with van der Waals surface area (Å²) in [5, 5.41) is 16.6. The highest BCUT2D eigenvalue weighted by Crippen LogP contribution is 2.35. The Morgan fingerprint density at radius 2 is 1.80 bits per heavy atom. The van der Waals surface area contributed by atoms with Crippen molar-refractivity contribution in [3.8, 4) is 6.07 Å². The van der Waals surface area contributed by atoms with E-state index in [0.29, 0.717) is 22.0 Å². The van der Waals surface area contributed by atoms with Gasteiger partial charge in [0.05, 0.1) is 17.9 Å². The SMILES string of the molecule is CCCC(CC)C(C)CC.CNc1nc(NC2CCN(Cc3ccc(C)c(/C=C(/C#N)C(C)C)c3C)CC2)c2cc(CC(F)(F)F)sc2n1. The third-order valence-electron chi connectivity index (χ3n) is 9.89. The largest absolute Gasteiger partial charge is 0.393 e. The number of benzene rings is 1. The highest BCUT2D eigenvalue weighted by atomic mass is 32.1. The Labute approximate surface area is 296 Å². The van der Waals surface area contributed by atoms with Crippen LogP contribution in [0.5, 0.6) is 0 Å². The molecule has 0 amide bonds. The average molecular weight is 699 g/mol. The number of nitriles is 1. The number of hydrogen-bond acceptors (Lipinski definition) is 7. The van der Waals surface area contributed by atoms with Gasteiger partial charge in [-0.15, -0.1) is 11.3 Å². The lowest BCUT2D eigenvalue weighted by molar-refractivity contribution is -0.126. The molecule has 1 aromatic carbocycles. The number of fused-ring (bicyclic) bond motifs is 1. The zero-order valence-corrected chi connectivity index (χ0v) is 31.8. The number of hydrogen-bond donors (Lipinski definition) is 2. The van der Waals surface area contributed by atoms with Crippen molar-refractivity contribution in [1.82, 2.24) is 14.9 Å². The van der Waals surface area contributed by atoms with E-state index in [2.05, 4.69) is 85.2 Å². The van der Waals surface area contributed by atoms with E-state index in [9.17, 15) is 18.4 Å². The van der Waals surface area contributed by atoms with Gasteiger partial charge in [0.2, 0.25) is 5.95 Å². The van der Waals surface area contributed by atoms with Gasteiger partial charge in [-0.25, -0.2) is 4.98 Å². The van der Waals surface area contributed by atoms with Crippen molar-refractivity contribution in [2.75, 3.05) is 30.8 Å². The summed E-state index contributed by atoms with van der Waals surface area (Å²) in [6.07, 6.45) is 4.07. The van der Waals surface area contributed by atoms with Gasteiger partial charge in [-0.1, -0.05) is 79.4 Å². The molecule has 2 atom stereocenters. The maximum Gasteiger partial charge on any atom is 0.393 e. The minimum atomic E-state index is -4.26. The number of halogens is 3. The van der Waals surface area contributed by atoms with Gasteiger partial charge >= 0.3 is 6.18 Å². The molecular formula is C39H57F3N6S. The number of nitrogens with zero attached hydrogens (tertiary/aromatic N) is 4. The molecule has 0 saturated carbocycles. The third kappa shape index (κ3) is 11.7. The maximum atomic E-state index is 13.0. The van der Waals surface area contributed by atoms with Crippen molar-refractivity contribution < 1.29 is 13.2 Å². The summed E-state index contributed by atoms with van der Waals surface area (Å²) in [5.74, 6) is 3.06. The van der Waals surface area contributed by atoms with Crippen LogP contribution in [0.1, 0.15) is 107 Å². The molecule has 2 N–H and O–H groups in total. The number of aromatic nitrogens is 2. The van der Waals surface area contributed by atoms with Crippen molar-refractivity contribution in [2.24, 2.45) is 17.8 Å². The van der Waals surface area contributed by atoms with Gasteiger partial charge in [0.25, 0.3) is 0 Å². The quantitative estimate of drug-likeness (QED) is 0.173. The van der Waals surface area contributed by atoms with Gasteiger partial charge in [0, 0.05) is 43.2 Å². The van der Waals surface area contributed by atoms with Gasteiger partial charge in [0.1, 0.15) is 10.6 Å². The molecule has 0 spiro atoms. The number of nitrogens with one attached hydrogen (secondary N) is 2. The Bertz CT molecular complexity index is 1560. The number of allylic oxidation sites excluding steroid dienone is 1. The predicted molar refractivity (Wildman–Crippen MR) is 201 cm³/mol. The molecule has 10 heteroatoms. The lowest BCUT2D eigenvalue weighted by Gasteiger charge is -2.33. The fourth-order valence-electron chi connectivity index (χ4n) is 6.53. The summed E-state index contributed by atoms with van der Waals surface area (Å²) in [7, 11) is 1.70. The van der Waals surface area contributed by atoms with E-state index < -0.39 is 12.6 Å². The van der Waals surface area contributed by atoms with E-state index in [-0.39, 0.29) is 16.8 Å². The van der Waals surface area contributed by atoms with Crippen LogP contribution in [0, 0.1) is 42.9 Å². The molecule has 3 heterocycles. The molecular weight excluding hydrogens is 642 g/mol. The number of anilines is 2. The van der Waals surface area contributed by atoms with E-state index in [1.54, 1.807) is 13.1 Å². The Kier molecular flexibility index (Phi) is 15.4. The first kappa shape index (κ1) is 40.3. The first-order chi connectivity index (χ1) is 23.2. The highest BCUT2D eigenvalue weighted by molar-refractivity contribution is 7.18. The lowest BCUT2D eigenvalue weighted by Crippen LogP contribution is -2.39. The minimum Gasteiger partial charge on any atom is -0.367 e. The van der Waals surface area contributed by atoms with Gasteiger partial charge in [-0.3, -0.25) is 4.90 Å². The van der Waals surface area contributed by atoms with Crippen LogP contribution < -0.4 is 10.6 Å². The number of likely N-dealkylation sites (tertiary alicyclic amines) is 1. The second-order valence-electron chi connectivity index (χ2n) is 13.9. The summed E-state index contributed by atoms with van der Waals surface area (Å²) in [6, 6.07) is 8.38. The van der Waals surface area contributed by atoms with Crippen molar-refractivity contribution in [1.29, 1.82) is 5.26 Å². The topological polar surface area (TPSA) is 76.9 Å². The third-order valence-corrected chi connectivity index (χ3v) is 10.9. The van der Waals surface area contributed by atoms with Crippen LogP contribution in [-0.2, 0) is 13.0 Å². The molecule has 3 aromatic rings. The minimum absolute atomic E-state index is 0.164. The van der Waals surface area contributed by atoms with E-state index >= 15 is 0 Å². The highest BCUT2D eigenvalue weighted by Gasteiger charge is 2.29. The van der Waals surface area contributed by atoms with E-state index in [4.69, 9.17) is 0 Å². The monoisotopic (exact) mass is 698 g/mol. The molecule has 0 bridgehead atoms. The Balaban J connectivity index is 0.000000565. The molecule has 4 rings (SSSR count). The molecule has 0 aliphatic carbocycles. The van der Waals surface area contributed by atoms with Crippen LogP contribution in [-0.4, -0.2) is 47.2 Å². The summed E-state index contributed by atoms with van der Waals surface area (Å²) in [6.45, 7) is 20.2. The van der Waals surface area contributed by atoms with Crippen molar-refractivity contribution in [2.45, 2.75) is 119 Å². The summed E-state index contributed by atoms with van der Waals surface area (Å²) >= 11 is 1.06. The number of aryl methyl sites for hydroxylation is 1. The number of piperidine rings is 1. The van der Waals surface area contributed by atoms with Crippen LogP contribution in [0.2, 0.25) is 0 Å². The van der Waals surface area contributed by atoms with Crippen molar-refractivity contribution in [3.05, 3.63) is 50.9 Å². The van der Waals surface area contributed by atoms with E-state index in [0.717, 1.165) is 72.3 Å². The molecule has 2 aromatic heterocycles. The standard InChI is InChI=1S/C29H35F3N6S.C10H22/c1-17(2)21(15-33)12-24-18(3)6-7-20(19(24)4)16-38-10-8-22(9-11-38)35-26-25-13-23(14-29(30,31)32)39-27(25)37-28(34-5)36-26;1-5-8-10(7-3)9(4)6-2/h6-7,12-13,17,22H,8-11,14,16H2,1-5H3,(H2,34,35,36,37);9-10H,5-8H2,1-4H3/b21-12-;. The summed E-state index contributed by atoms with van der Waals surface area (Å²) in [5.41, 5.74) is 5.53. The Morgan fingerprint density at radius 1 is 1.10 bits per heavy atom. The smallest absolute Gasteiger partial charge is 0.367 e. The van der Waals surface area contributed by atoms with Gasteiger partial charge in [-0.2, -0.15) is 23.4 Å². The van der Waals surface area contributed by atoms with Crippen molar-refractivity contribution >= 4 is 39.4 Å². The number of alkyl halides is 3. The van der Waals surface area contributed by atoms with Gasteiger partial charge in [-0.05, 0) is 78.8 Å². The molecule has 1 saturated heterocycles. The zero-order valence-electron chi connectivity index (χ0n) is 31.0. The van der Waals surface area contributed by atoms with Gasteiger partial charge < -0.3 is 10.6 Å². The van der Waals surface area contributed by atoms with Crippen LogP contribution in [0.3, 0.4) is 0 Å². The lowest BCUT2D eigenvalue weighted by atomic mass is 9.86. The maximum absolute atomic E-state index is 13.0. The number of rotatable bonds is 13. The first-order valence-electron chi connectivity index (χ1n) is 18.0. The second kappa shape index (κ2) is 18.7.